The van der Waals surface area contributed by atoms with Gasteiger partial charge in [0.15, 0.2) is 0 Å². The van der Waals surface area contributed by atoms with Crippen molar-refractivity contribution in [2.45, 2.75) is 75.9 Å². The lowest BCUT2D eigenvalue weighted by Crippen LogP contribution is -2.49. The maximum Gasteiger partial charge on any atom is 0.0783 e. The highest BCUT2D eigenvalue weighted by Gasteiger charge is 2.42. The van der Waals surface area contributed by atoms with E-state index in [4.69, 9.17) is 10.6 Å². The number of hydrazine groups is 1. The lowest BCUT2D eigenvalue weighted by molar-refractivity contribution is -0.0863. The summed E-state index contributed by atoms with van der Waals surface area (Å²) < 4.78 is 6.17. The van der Waals surface area contributed by atoms with Crippen molar-refractivity contribution in [2.75, 3.05) is 18.1 Å². The van der Waals surface area contributed by atoms with Crippen LogP contribution >= 0.6 is 11.8 Å². The van der Waals surface area contributed by atoms with Gasteiger partial charge in [0.2, 0.25) is 0 Å². The summed E-state index contributed by atoms with van der Waals surface area (Å²) in [6.45, 7) is 0.939. The Labute approximate surface area is 134 Å². The highest BCUT2D eigenvalue weighted by Crippen LogP contribution is 2.42. The van der Waals surface area contributed by atoms with Gasteiger partial charge in [0.05, 0.1) is 5.60 Å². The number of thioether (sulfide) groups is 1. The minimum Gasteiger partial charge on any atom is -0.374 e. The van der Waals surface area contributed by atoms with E-state index in [1.165, 1.54) is 75.7 Å². The Bertz CT molecular complexity index is 312. The number of hydrogen-bond donors (Lipinski definition) is 2. The molecule has 2 heterocycles. The zero-order valence-electron chi connectivity index (χ0n) is 13.3. The second-order valence-corrected chi connectivity index (χ2v) is 8.56. The van der Waals surface area contributed by atoms with Crippen molar-refractivity contribution in [1.82, 2.24) is 5.43 Å². The average Bonchev–Trinajstić information content (AvgIpc) is 2.79. The van der Waals surface area contributed by atoms with Gasteiger partial charge in [-0.25, -0.2) is 0 Å². The van der Waals surface area contributed by atoms with E-state index in [1.54, 1.807) is 0 Å². The minimum absolute atomic E-state index is 0.187. The molecule has 1 saturated carbocycles. The van der Waals surface area contributed by atoms with Gasteiger partial charge in [0.25, 0.3) is 0 Å². The molecule has 2 aliphatic heterocycles. The SMILES string of the molecule is NNC(CC1CCCCCC1)C1CCOC2(CCSC2)C1. The fraction of sp³-hybridized carbons (Fsp3) is 1.00. The Morgan fingerprint density at radius 3 is 2.67 bits per heavy atom. The molecule has 0 aromatic heterocycles. The largest absolute Gasteiger partial charge is 0.374 e. The first kappa shape index (κ1) is 16.1. The molecule has 1 spiro atoms. The first-order valence-corrected chi connectivity index (χ1v) is 10.1. The molecule has 122 valence electrons. The number of rotatable bonds is 4. The van der Waals surface area contributed by atoms with Gasteiger partial charge in [0.1, 0.15) is 0 Å². The normalized spacial score (nSPS) is 36.7. The minimum atomic E-state index is 0.187. The van der Waals surface area contributed by atoms with E-state index in [2.05, 4.69) is 17.2 Å². The lowest BCUT2D eigenvalue weighted by Gasteiger charge is -2.41. The molecule has 0 radical (unpaired) electrons. The van der Waals surface area contributed by atoms with Gasteiger partial charge in [-0.05, 0) is 43.3 Å². The third kappa shape index (κ3) is 4.15. The third-order valence-electron chi connectivity index (χ3n) is 5.94. The number of hydrogen-bond acceptors (Lipinski definition) is 4. The Morgan fingerprint density at radius 2 is 2.00 bits per heavy atom. The molecule has 2 saturated heterocycles. The molecule has 3 nitrogen and oxygen atoms in total. The summed E-state index contributed by atoms with van der Waals surface area (Å²) in [6.07, 6.45) is 13.5. The quantitative estimate of drug-likeness (QED) is 0.474. The fourth-order valence-corrected chi connectivity index (χ4v) is 6.01. The van der Waals surface area contributed by atoms with Crippen LogP contribution in [-0.4, -0.2) is 29.8 Å². The summed E-state index contributed by atoms with van der Waals surface area (Å²) in [5.41, 5.74) is 3.37. The molecule has 3 fully saturated rings. The molecular formula is C17H32N2OS. The summed E-state index contributed by atoms with van der Waals surface area (Å²) in [4.78, 5) is 0. The van der Waals surface area contributed by atoms with Crippen molar-refractivity contribution in [3.8, 4) is 0 Å². The highest BCUT2D eigenvalue weighted by atomic mass is 32.2. The summed E-state index contributed by atoms with van der Waals surface area (Å²) in [5, 5.41) is 0. The zero-order valence-corrected chi connectivity index (χ0v) is 14.1. The van der Waals surface area contributed by atoms with Gasteiger partial charge < -0.3 is 4.74 Å². The van der Waals surface area contributed by atoms with E-state index in [0.29, 0.717) is 12.0 Å². The van der Waals surface area contributed by atoms with Crippen LogP contribution in [0.15, 0.2) is 0 Å². The first-order valence-electron chi connectivity index (χ1n) is 8.99. The molecule has 3 N–H and O–H groups in total. The van der Waals surface area contributed by atoms with Crippen molar-refractivity contribution < 1.29 is 4.74 Å². The van der Waals surface area contributed by atoms with E-state index >= 15 is 0 Å². The van der Waals surface area contributed by atoms with Crippen molar-refractivity contribution in [1.29, 1.82) is 0 Å². The smallest absolute Gasteiger partial charge is 0.0783 e. The van der Waals surface area contributed by atoms with E-state index in [1.807, 2.05) is 0 Å². The molecule has 0 aromatic rings. The number of ether oxygens (including phenoxy) is 1. The molecule has 0 bridgehead atoms. The standard InChI is InChI=1S/C17H32N2OS/c18-19-16(11-14-5-3-1-2-4-6-14)15-7-9-20-17(12-15)8-10-21-13-17/h14-16,19H,1-13,18H2. The second kappa shape index (κ2) is 7.67. The van der Waals surface area contributed by atoms with Gasteiger partial charge in [-0.1, -0.05) is 38.5 Å². The Morgan fingerprint density at radius 1 is 1.19 bits per heavy atom. The highest BCUT2D eigenvalue weighted by molar-refractivity contribution is 7.99. The topological polar surface area (TPSA) is 47.3 Å². The van der Waals surface area contributed by atoms with Crippen LogP contribution in [0.1, 0.15) is 64.2 Å². The van der Waals surface area contributed by atoms with Gasteiger partial charge in [-0.2, -0.15) is 11.8 Å². The summed E-state index contributed by atoms with van der Waals surface area (Å²) in [6, 6.07) is 0.500. The van der Waals surface area contributed by atoms with Crippen LogP contribution < -0.4 is 11.3 Å². The predicted molar refractivity (Wildman–Crippen MR) is 90.3 cm³/mol. The summed E-state index contributed by atoms with van der Waals surface area (Å²) in [7, 11) is 0. The molecule has 3 aliphatic rings. The van der Waals surface area contributed by atoms with Crippen LogP contribution in [0.3, 0.4) is 0 Å². The van der Waals surface area contributed by atoms with E-state index in [-0.39, 0.29) is 5.60 Å². The molecular weight excluding hydrogens is 280 g/mol. The van der Waals surface area contributed by atoms with Gasteiger partial charge >= 0.3 is 0 Å². The van der Waals surface area contributed by atoms with Crippen molar-refractivity contribution >= 4 is 11.8 Å². The number of nitrogens with one attached hydrogen (secondary N) is 1. The zero-order chi connectivity index (χ0) is 14.5. The molecule has 21 heavy (non-hydrogen) atoms. The second-order valence-electron chi connectivity index (χ2n) is 7.45. The molecule has 1 aliphatic carbocycles. The van der Waals surface area contributed by atoms with Gasteiger partial charge in [-0.15, -0.1) is 0 Å². The van der Waals surface area contributed by atoms with Crippen LogP contribution in [0.5, 0.6) is 0 Å². The molecule has 4 heteroatoms. The summed E-state index contributed by atoms with van der Waals surface area (Å²) in [5.74, 6) is 10.0. The van der Waals surface area contributed by atoms with Gasteiger partial charge in [-0.3, -0.25) is 11.3 Å². The molecule has 3 atom stereocenters. The average molecular weight is 313 g/mol. The monoisotopic (exact) mass is 312 g/mol. The van der Waals surface area contributed by atoms with E-state index < -0.39 is 0 Å². The first-order chi connectivity index (χ1) is 10.3. The Balaban J connectivity index is 1.56. The fourth-order valence-electron chi connectivity index (χ4n) is 4.63. The Hall–Kier alpha value is 0.230. The van der Waals surface area contributed by atoms with Crippen LogP contribution in [0.25, 0.3) is 0 Å². The van der Waals surface area contributed by atoms with Crippen molar-refractivity contribution in [2.24, 2.45) is 17.7 Å². The molecule has 3 rings (SSSR count). The van der Waals surface area contributed by atoms with Crippen molar-refractivity contribution in [3.05, 3.63) is 0 Å². The summed E-state index contributed by atoms with van der Waals surface area (Å²) >= 11 is 2.06. The maximum absolute atomic E-state index is 6.17. The maximum atomic E-state index is 6.17. The molecule has 0 amide bonds. The van der Waals surface area contributed by atoms with Gasteiger partial charge in [0, 0.05) is 18.4 Å². The van der Waals surface area contributed by atoms with Crippen LogP contribution in [-0.2, 0) is 4.74 Å². The molecule has 3 unspecified atom stereocenters. The van der Waals surface area contributed by atoms with Crippen LogP contribution in [0.2, 0.25) is 0 Å². The molecule has 0 aromatic carbocycles. The lowest BCUT2D eigenvalue weighted by atomic mass is 9.78. The van der Waals surface area contributed by atoms with E-state index in [9.17, 15) is 0 Å². The van der Waals surface area contributed by atoms with Crippen LogP contribution in [0, 0.1) is 11.8 Å². The third-order valence-corrected chi connectivity index (χ3v) is 7.17. The van der Waals surface area contributed by atoms with E-state index in [0.717, 1.165) is 12.5 Å². The predicted octanol–water partition coefficient (Wildman–Crippen LogP) is 3.48. The van der Waals surface area contributed by atoms with Crippen molar-refractivity contribution in [3.63, 3.8) is 0 Å². The Kier molecular flexibility index (Phi) is 5.88. The number of nitrogens with two attached hydrogens (primary N) is 1. The van der Waals surface area contributed by atoms with Crippen LogP contribution in [0.4, 0.5) is 0 Å².